The van der Waals surface area contributed by atoms with E-state index in [0.717, 1.165) is 42.5 Å². The Balaban J connectivity index is 1.81. The normalized spacial score (nSPS) is 12.0. The lowest BCUT2D eigenvalue weighted by atomic mass is 10.1. The molecule has 3 rings (SSSR count). The molecule has 0 atom stereocenters. The Morgan fingerprint density at radius 2 is 1.13 bits per heavy atom. The summed E-state index contributed by atoms with van der Waals surface area (Å²) in [6.45, 7) is 0. The molecule has 0 heterocycles. The Kier molecular flexibility index (Phi) is 5.79. The van der Waals surface area contributed by atoms with Crippen LogP contribution in [0.1, 0.15) is 5.56 Å². The summed E-state index contributed by atoms with van der Waals surface area (Å²) in [7, 11) is 0. The molecule has 11 heteroatoms. The first kappa shape index (κ1) is 22.3. The van der Waals surface area contributed by atoms with Crippen molar-refractivity contribution in [3.63, 3.8) is 0 Å². The van der Waals surface area contributed by atoms with Crippen molar-refractivity contribution >= 4 is 0 Å². The maximum atomic E-state index is 14.2. The zero-order valence-corrected chi connectivity index (χ0v) is 14.9. The molecule has 0 aliphatic heterocycles. The first-order valence-electron chi connectivity index (χ1n) is 8.23. The highest BCUT2D eigenvalue weighted by Gasteiger charge is 2.41. The zero-order valence-electron chi connectivity index (χ0n) is 14.9. The molecule has 0 bridgehead atoms. The van der Waals surface area contributed by atoms with E-state index in [1.165, 1.54) is 0 Å². The van der Waals surface area contributed by atoms with Crippen LogP contribution in [0.25, 0.3) is 11.1 Å². The Morgan fingerprint density at radius 3 is 1.65 bits per heavy atom. The van der Waals surface area contributed by atoms with E-state index in [1.54, 1.807) is 0 Å². The van der Waals surface area contributed by atoms with Gasteiger partial charge >= 0.3 is 12.5 Å². The van der Waals surface area contributed by atoms with E-state index in [-0.39, 0.29) is 23.3 Å². The van der Waals surface area contributed by atoms with E-state index < -0.39 is 52.8 Å². The molecule has 164 valence electrons. The van der Waals surface area contributed by atoms with E-state index in [2.05, 4.69) is 9.47 Å². The van der Waals surface area contributed by atoms with Crippen molar-refractivity contribution in [2.45, 2.75) is 12.5 Å². The molecular formula is C20H9F9O2. The van der Waals surface area contributed by atoms with Crippen molar-refractivity contribution in [3.05, 3.63) is 83.4 Å². The molecule has 0 aromatic heterocycles. The standard InChI is InChI=1S/C20H9F9O2/c21-12-8-15(23)18(16(24)9-12)19(25,26)30-13-4-1-10(2-5-13)11-3-6-17(14(22)7-11)31-20(27,28)29/h1-9H. The van der Waals surface area contributed by atoms with Crippen LogP contribution in [0.4, 0.5) is 39.5 Å². The monoisotopic (exact) mass is 452 g/mol. The van der Waals surface area contributed by atoms with E-state index >= 15 is 0 Å². The summed E-state index contributed by atoms with van der Waals surface area (Å²) in [6.07, 6.45) is -9.58. The molecule has 0 aliphatic carbocycles. The smallest absolute Gasteiger partial charge is 0.429 e. The molecular weight excluding hydrogens is 443 g/mol. The lowest BCUT2D eigenvalue weighted by Gasteiger charge is -2.19. The van der Waals surface area contributed by atoms with E-state index in [9.17, 15) is 39.5 Å². The van der Waals surface area contributed by atoms with Crippen LogP contribution in [0.15, 0.2) is 54.6 Å². The fraction of sp³-hybridized carbons (Fsp3) is 0.100. The van der Waals surface area contributed by atoms with Gasteiger partial charge in [-0.25, -0.2) is 17.6 Å². The van der Waals surface area contributed by atoms with Gasteiger partial charge in [-0.1, -0.05) is 18.2 Å². The summed E-state index contributed by atoms with van der Waals surface area (Å²) in [6, 6.07) is 6.92. The van der Waals surface area contributed by atoms with Gasteiger partial charge in [-0.15, -0.1) is 13.2 Å². The van der Waals surface area contributed by atoms with Crippen molar-refractivity contribution in [1.29, 1.82) is 0 Å². The molecule has 0 saturated carbocycles. The Hall–Kier alpha value is -3.37. The quantitative estimate of drug-likeness (QED) is 0.391. The topological polar surface area (TPSA) is 18.5 Å². The number of ether oxygens (including phenoxy) is 2. The minimum absolute atomic E-state index is 0.0689. The van der Waals surface area contributed by atoms with Gasteiger partial charge < -0.3 is 9.47 Å². The molecule has 2 nitrogen and oxygen atoms in total. The lowest BCUT2D eigenvalue weighted by Crippen LogP contribution is -2.25. The Bertz CT molecular complexity index is 1070. The summed E-state index contributed by atoms with van der Waals surface area (Å²) >= 11 is 0. The third-order valence-corrected chi connectivity index (χ3v) is 3.89. The van der Waals surface area contributed by atoms with Crippen LogP contribution >= 0.6 is 0 Å². The van der Waals surface area contributed by atoms with Crippen LogP contribution in [0.2, 0.25) is 0 Å². The Labute approximate surface area is 168 Å². The Morgan fingerprint density at radius 1 is 0.581 bits per heavy atom. The predicted molar refractivity (Wildman–Crippen MR) is 89.4 cm³/mol. The summed E-state index contributed by atoms with van der Waals surface area (Å²) < 4.78 is 127. The van der Waals surface area contributed by atoms with Crippen molar-refractivity contribution in [2.24, 2.45) is 0 Å². The molecule has 0 radical (unpaired) electrons. The van der Waals surface area contributed by atoms with Gasteiger partial charge in [0, 0.05) is 12.1 Å². The number of rotatable bonds is 5. The molecule has 0 N–H and O–H groups in total. The SMILES string of the molecule is Fc1cc(F)c(C(F)(F)Oc2ccc(-c3ccc(OC(F)(F)F)c(F)c3)cc2)c(F)c1. The van der Waals surface area contributed by atoms with Crippen molar-refractivity contribution in [2.75, 3.05) is 0 Å². The van der Waals surface area contributed by atoms with Crippen LogP contribution < -0.4 is 9.47 Å². The van der Waals surface area contributed by atoms with Crippen molar-refractivity contribution < 1.29 is 49.0 Å². The molecule has 0 unspecified atom stereocenters. The lowest BCUT2D eigenvalue weighted by molar-refractivity contribution is -0.275. The highest BCUT2D eigenvalue weighted by molar-refractivity contribution is 5.65. The minimum Gasteiger partial charge on any atom is -0.429 e. The van der Waals surface area contributed by atoms with Gasteiger partial charge in [-0.05, 0) is 35.4 Å². The van der Waals surface area contributed by atoms with Crippen LogP contribution in [-0.4, -0.2) is 6.36 Å². The first-order chi connectivity index (χ1) is 14.4. The van der Waals surface area contributed by atoms with Crippen LogP contribution in [0.3, 0.4) is 0 Å². The molecule has 0 spiro atoms. The molecule has 0 amide bonds. The van der Waals surface area contributed by atoms with Crippen molar-refractivity contribution in [1.82, 2.24) is 0 Å². The number of benzene rings is 3. The molecule has 31 heavy (non-hydrogen) atoms. The van der Waals surface area contributed by atoms with Gasteiger partial charge in [-0.3, -0.25) is 0 Å². The van der Waals surface area contributed by atoms with Crippen LogP contribution in [0, 0.1) is 23.3 Å². The number of alkyl halides is 5. The molecule has 0 aliphatic rings. The van der Waals surface area contributed by atoms with Crippen LogP contribution in [0.5, 0.6) is 11.5 Å². The van der Waals surface area contributed by atoms with E-state index in [1.807, 2.05) is 0 Å². The van der Waals surface area contributed by atoms with Gasteiger partial charge in [0.05, 0.1) is 0 Å². The second-order valence-corrected chi connectivity index (χ2v) is 6.08. The second-order valence-electron chi connectivity index (χ2n) is 6.08. The molecule has 3 aromatic carbocycles. The third-order valence-electron chi connectivity index (χ3n) is 3.89. The largest absolute Gasteiger partial charge is 0.573 e. The van der Waals surface area contributed by atoms with E-state index in [0.29, 0.717) is 0 Å². The highest BCUT2D eigenvalue weighted by Crippen LogP contribution is 2.36. The maximum Gasteiger partial charge on any atom is 0.573 e. The minimum atomic E-state index is -5.09. The molecule has 0 saturated heterocycles. The maximum absolute atomic E-state index is 14.2. The summed E-state index contributed by atoms with van der Waals surface area (Å²) in [5.74, 6) is -8.01. The number of halogens is 9. The summed E-state index contributed by atoms with van der Waals surface area (Å²) in [4.78, 5) is 0. The molecule has 0 fully saturated rings. The van der Waals surface area contributed by atoms with Gasteiger partial charge in [0.1, 0.15) is 28.8 Å². The predicted octanol–water partition coefficient (Wildman–Crippen LogP) is 6.94. The van der Waals surface area contributed by atoms with Crippen LogP contribution in [-0.2, 0) is 6.11 Å². The molecule has 3 aromatic rings. The summed E-state index contributed by atoms with van der Waals surface area (Å²) in [5.41, 5.74) is -1.51. The van der Waals surface area contributed by atoms with Gasteiger partial charge in [0.2, 0.25) is 0 Å². The van der Waals surface area contributed by atoms with Gasteiger partial charge in [-0.2, -0.15) is 8.78 Å². The van der Waals surface area contributed by atoms with E-state index in [4.69, 9.17) is 0 Å². The average molecular weight is 452 g/mol. The summed E-state index contributed by atoms with van der Waals surface area (Å²) in [5, 5.41) is 0. The van der Waals surface area contributed by atoms with Crippen molar-refractivity contribution in [3.8, 4) is 22.6 Å². The fourth-order valence-electron chi connectivity index (χ4n) is 2.62. The van der Waals surface area contributed by atoms with Gasteiger partial charge in [0.25, 0.3) is 0 Å². The second kappa shape index (κ2) is 8.05. The zero-order chi connectivity index (χ0) is 23.0. The number of hydrogen-bond donors (Lipinski definition) is 0. The third kappa shape index (κ3) is 5.22. The highest BCUT2D eigenvalue weighted by atomic mass is 19.4. The van der Waals surface area contributed by atoms with Gasteiger partial charge in [0.15, 0.2) is 11.6 Å². The number of hydrogen-bond acceptors (Lipinski definition) is 2. The average Bonchev–Trinajstić information content (AvgIpc) is 2.61. The first-order valence-corrected chi connectivity index (χ1v) is 8.23. The fourth-order valence-corrected chi connectivity index (χ4v) is 2.62.